The van der Waals surface area contributed by atoms with Gasteiger partial charge in [0.05, 0.1) is 6.61 Å². The van der Waals surface area contributed by atoms with Crippen molar-refractivity contribution >= 4 is 0 Å². The lowest BCUT2D eigenvalue weighted by Crippen LogP contribution is -2.31. The van der Waals surface area contributed by atoms with E-state index in [0.717, 1.165) is 0 Å². The minimum atomic E-state index is -2.22. The lowest BCUT2D eigenvalue weighted by Gasteiger charge is -2.18. The van der Waals surface area contributed by atoms with Crippen LogP contribution in [0.1, 0.15) is 6.42 Å². The number of rotatable bonds is 4. The second-order valence-corrected chi connectivity index (χ2v) is 1.55. The molecule has 0 aliphatic heterocycles. The molecule has 54 valence electrons. The summed E-state index contributed by atoms with van der Waals surface area (Å²) < 4.78 is 4.26. The van der Waals surface area contributed by atoms with Crippen molar-refractivity contribution in [1.82, 2.24) is 0 Å². The Morgan fingerprint density at radius 2 is 2.11 bits per heavy atom. The summed E-state index contributed by atoms with van der Waals surface area (Å²) in [5, 5.41) is 26.9. The van der Waals surface area contributed by atoms with E-state index in [0.29, 0.717) is 0 Å². The minimum absolute atomic E-state index is 0.188. The second kappa shape index (κ2) is 3.79. The Kier molecular flexibility index (Phi) is 3.72. The van der Waals surface area contributed by atoms with Crippen molar-refractivity contribution in [3.63, 3.8) is 0 Å². The normalized spacial score (nSPS) is 12.0. The van der Waals surface area contributed by atoms with E-state index >= 15 is 0 Å². The lowest BCUT2D eigenvalue weighted by molar-refractivity contribution is -0.337. The van der Waals surface area contributed by atoms with Gasteiger partial charge >= 0.3 is 0 Å². The fourth-order valence-electron chi connectivity index (χ4n) is 0.277. The third-order valence-electron chi connectivity index (χ3n) is 0.742. The topological polar surface area (TPSA) is 69.6 Å². The van der Waals surface area contributed by atoms with Crippen LogP contribution in [0.4, 0.5) is 0 Å². The minimum Gasteiger partial charge on any atom is -0.343 e. The van der Waals surface area contributed by atoms with Crippen LogP contribution < -0.4 is 0 Å². The summed E-state index contributed by atoms with van der Waals surface area (Å²) in [7, 11) is 0. The van der Waals surface area contributed by atoms with Gasteiger partial charge in [0.1, 0.15) is 6.61 Å². The molecule has 4 heteroatoms. The van der Waals surface area contributed by atoms with Gasteiger partial charge in [-0.1, -0.05) is 0 Å². The summed E-state index contributed by atoms with van der Waals surface area (Å²) in [6.07, 6.45) is -0.188. The summed E-state index contributed by atoms with van der Waals surface area (Å²) >= 11 is 0. The molecule has 0 aromatic heterocycles. The molecule has 2 radical (unpaired) electrons. The highest BCUT2D eigenvalue weighted by atomic mass is 16.8. The van der Waals surface area contributed by atoms with E-state index in [4.69, 9.17) is 10.2 Å². The van der Waals surface area contributed by atoms with Crippen molar-refractivity contribution in [3.05, 3.63) is 6.92 Å². The summed E-state index contributed by atoms with van der Waals surface area (Å²) in [6, 6.07) is 0. The van der Waals surface area contributed by atoms with Crippen LogP contribution in [0.5, 0.6) is 0 Å². The van der Waals surface area contributed by atoms with Gasteiger partial charge < -0.3 is 14.9 Å². The molecular weight excluding hydrogens is 124 g/mol. The van der Waals surface area contributed by atoms with Crippen LogP contribution in [0.15, 0.2) is 0 Å². The molecular formula is C5H10O4. The van der Waals surface area contributed by atoms with Gasteiger partial charge in [-0.25, -0.2) is 5.11 Å². The summed E-state index contributed by atoms with van der Waals surface area (Å²) in [4.78, 5) is 0. The Bertz CT molecular complexity index is 71.4. The van der Waals surface area contributed by atoms with Crippen LogP contribution in [0.2, 0.25) is 0 Å². The van der Waals surface area contributed by atoms with Gasteiger partial charge in [-0.3, -0.25) is 0 Å². The molecule has 0 amide bonds. The molecule has 0 spiro atoms. The quantitative estimate of drug-likeness (QED) is 0.499. The zero-order valence-electron chi connectivity index (χ0n) is 5.04. The molecule has 0 aliphatic rings. The van der Waals surface area contributed by atoms with Crippen molar-refractivity contribution in [2.75, 3.05) is 13.2 Å². The number of hydrogen-bond donors (Lipinski definition) is 2. The van der Waals surface area contributed by atoms with Crippen molar-refractivity contribution < 1.29 is 20.1 Å². The summed E-state index contributed by atoms with van der Waals surface area (Å²) in [6.45, 7) is 2.49. The van der Waals surface area contributed by atoms with Crippen LogP contribution in [0, 0.1) is 6.92 Å². The first kappa shape index (κ1) is 8.84. The first-order valence-electron chi connectivity index (χ1n) is 2.58. The average molecular weight is 134 g/mol. The Labute approximate surface area is 53.7 Å². The van der Waals surface area contributed by atoms with E-state index in [1.165, 1.54) is 0 Å². The van der Waals surface area contributed by atoms with Gasteiger partial charge in [0, 0.05) is 6.42 Å². The monoisotopic (exact) mass is 134 g/mol. The SMILES string of the molecule is [CH2]CC(O)(O)OCC[O]. The summed E-state index contributed by atoms with van der Waals surface area (Å²) in [5.74, 6) is -2.22. The maximum Gasteiger partial charge on any atom is 0.277 e. The van der Waals surface area contributed by atoms with E-state index < -0.39 is 12.6 Å². The highest BCUT2D eigenvalue weighted by Gasteiger charge is 2.19. The Balaban J connectivity index is 3.33. The molecule has 0 rings (SSSR count). The maximum atomic E-state index is 9.72. The molecule has 0 saturated carbocycles. The molecule has 0 aromatic carbocycles. The fourth-order valence-corrected chi connectivity index (χ4v) is 0.277. The molecule has 9 heavy (non-hydrogen) atoms. The van der Waals surface area contributed by atoms with Crippen molar-refractivity contribution in [2.24, 2.45) is 0 Å². The van der Waals surface area contributed by atoms with Gasteiger partial charge in [0.25, 0.3) is 5.97 Å². The Morgan fingerprint density at radius 3 is 2.44 bits per heavy atom. The Hall–Kier alpha value is -0.160. The van der Waals surface area contributed by atoms with Gasteiger partial charge in [-0.15, -0.1) is 0 Å². The third-order valence-corrected chi connectivity index (χ3v) is 0.742. The molecule has 0 fully saturated rings. The highest BCUT2D eigenvalue weighted by Crippen LogP contribution is 2.04. The molecule has 0 aliphatic carbocycles. The van der Waals surface area contributed by atoms with Crippen molar-refractivity contribution in [1.29, 1.82) is 0 Å². The smallest absolute Gasteiger partial charge is 0.277 e. The van der Waals surface area contributed by atoms with Crippen LogP contribution in [0.25, 0.3) is 0 Å². The van der Waals surface area contributed by atoms with E-state index in [9.17, 15) is 5.11 Å². The fraction of sp³-hybridized carbons (Fsp3) is 0.800. The largest absolute Gasteiger partial charge is 0.343 e. The first-order chi connectivity index (χ1) is 4.12. The van der Waals surface area contributed by atoms with E-state index in [1.54, 1.807) is 0 Å². The van der Waals surface area contributed by atoms with Crippen LogP contribution in [0.3, 0.4) is 0 Å². The number of ether oxygens (including phenoxy) is 1. The molecule has 4 nitrogen and oxygen atoms in total. The van der Waals surface area contributed by atoms with Gasteiger partial charge in [-0.05, 0) is 6.92 Å². The Morgan fingerprint density at radius 1 is 1.56 bits per heavy atom. The number of hydrogen-bond acceptors (Lipinski definition) is 3. The third kappa shape index (κ3) is 4.35. The zero-order valence-corrected chi connectivity index (χ0v) is 5.04. The first-order valence-corrected chi connectivity index (χ1v) is 2.58. The zero-order chi connectivity index (χ0) is 7.33. The summed E-state index contributed by atoms with van der Waals surface area (Å²) in [5.41, 5.74) is 0. The van der Waals surface area contributed by atoms with Gasteiger partial charge in [0.2, 0.25) is 0 Å². The average Bonchev–Trinajstić information content (AvgIpc) is 1.84. The number of aliphatic hydroxyl groups is 2. The van der Waals surface area contributed by atoms with E-state index in [-0.39, 0.29) is 13.0 Å². The van der Waals surface area contributed by atoms with Gasteiger partial charge in [-0.2, -0.15) is 0 Å². The lowest BCUT2D eigenvalue weighted by atomic mass is 10.4. The molecule has 0 atom stereocenters. The predicted octanol–water partition coefficient (Wildman–Crippen LogP) is -0.704. The molecule has 0 unspecified atom stereocenters. The van der Waals surface area contributed by atoms with Gasteiger partial charge in [0.15, 0.2) is 0 Å². The molecule has 0 saturated heterocycles. The maximum absolute atomic E-state index is 9.72. The van der Waals surface area contributed by atoms with Crippen LogP contribution in [-0.2, 0) is 9.84 Å². The molecule has 2 N–H and O–H groups in total. The standard InChI is InChI=1S/C5H10O4/c1-2-5(7,8)9-4-3-6/h7-8H,1-4H2. The van der Waals surface area contributed by atoms with Crippen LogP contribution >= 0.6 is 0 Å². The van der Waals surface area contributed by atoms with E-state index in [1.807, 2.05) is 0 Å². The van der Waals surface area contributed by atoms with Crippen molar-refractivity contribution in [3.8, 4) is 0 Å². The molecule has 0 bridgehead atoms. The second-order valence-electron chi connectivity index (χ2n) is 1.55. The molecule has 0 aromatic rings. The molecule has 0 heterocycles. The highest BCUT2D eigenvalue weighted by molar-refractivity contribution is 4.51. The van der Waals surface area contributed by atoms with Crippen molar-refractivity contribution in [2.45, 2.75) is 12.4 Å². The van der Waals surface area contributed by atoms with E-state index in [2.05, 4.69) is 11.7 Å². The van der Waals surface area contributed by atoms with Crippen LogP contribution in [-0.4, -0.2) is 29.4 Å². The predicted molar refractivity (Wildman–Crippen MR) is 28.6 cm³/mol.